The molecule has 2 N–H and O–H groups in total. The maximum absolute atomic E-state index is 13.2. The fourth-order valence-corrected chi connectivity index (χ4v) is 4.36. The fraction of sp³-hybridized carbons (Fsp3) is 0.120. The van der Waals surface area contributed by atoms with Gasteiger partial charge in [0, 0.05) is 51.9 Å². The molecule has 0 saturated heterocycles. The van der Waals surface area contributed by atoms with Gasteiger partial charge in [0.2, 0.25) is 5.91 Å². The maximum atomic E-state index is 13.2. The summed E-state index contributed by atoms with van der Waals surface area (Å²) in [5.74, 6) is -0.200. The van der Waals surface area contributed by atoms with E-state index in [4.69, 9.17) is 11.6 Å². The highest BCUT2D eigenvalue weighted by molar-refractivity contribution is 6.30. The number of aromatic amines is 1. The van der Waals surface area contributed by atoms with Crippen LogP contribution in [0.5, 0.6) is 0 Å². The molecule has 2 amide bonds. The molecule has 154 valence electrons. The molecule has 1 aliphatic rings. The molecule has 31 heavy (non-hydrogen) atoms. The molecule has 1 atom stereocenters. The number of amides is 2. The Balaban J connectivity index is 1.42. The molecule has 1 aromatic heterocycles. The Morgan fingerprint density at radius 3 is 2.55 bits per heavy atom. The summed E-state index contributed by atoms with van der Waals surface area (Å²) in [4.78, 5) is 30.9. The van der Waals surface area contributed by atoms with E-state index in [1.54, 1.807) is 29.2 Å². The van der Waals surface area contributed by atoms with E-state index in [2.05, 4.69) is 16.4 Å². The maximum Gasteiger partial charge on any atom is 0.255 e. The van der Waals surface area contributed by atoms with Gasteiger partial charge in [0.15, 0.2) is 0 Å². The number of nitrogens with zero attached hydrogens (tertiary/aromatic N) is 1. The Morgan fingerprint density at radius 1 is 0.968 bits per heavy atom. The van der Waals surface area contributed by atoms with Gasteiger partial charge in [-0.15, -0.1) is 0 Å². The van der Waals surface area contributed by atoms with Crippen molar-refractivity contribution >= 4 is 40.0 Å². The smallest absolute Gasteiger partial charge is 0.255 e. The van der Waals surface area contributed by atoms with Crippen molar-refractivity contribution in [2.75, 3.05) is 11.9 Å². The van der Waals surface area contributed by atoms with Gasteiger partial charge in [-0.2, -0.15) is 0 Å². The minimum absolute atomic E-state index is 0.0508. The fourth-order valence-electron chi connectivity index (χ4n) is 4.24. The van der Waals surface area contributed by atoms with E-state index in [9.17, 15) is 9.59 Å². The SMILES string of the molecule is O=C(CCN1C(=O)c2ccccc2C1c1c[nH]c2ccccc12)Nc1ccc(Cl)cc1. The van der Waals surface area contributed by atoms with Crippen LogP contribution in [0.4, 0.5) is 5.69 Å². The summed E-state index contributed by atoms with van der Waals surface area (Å²) in [6, 6.07) is 22.5. The van der Waals surface area contributed by atoms with E-state index in [1.807, 2.05) is 48.7 Å². The lowest BCUT2D eigenvalue weighted by Gasteiger charge is -2.25. The number of rotatable bonds is 5. The zero-order valence-electron chi connectivity index (χ0n) is 16.6. The summed E-state index contributed by atoms with van der Waals surface area (Å²) in [5.41, 5.74) is 4.40. The molecule has 1 unspecified atom stereocenters. The topological polar surface area (TPSA) is 65.2 Å². The van der Waals surface area contributed by atoms with Crippen LogP contribution in [-0.2, 0) is 4.79 Å². The van der Waals surface area contributed by atoms with E-state index in [1.165, 1.54) is 0 Å². The predicted octanol–water partition coefficient (Wildman–Crippen LogP) is 5.40. The second kappa shape index (κ2) is 7.93. The van der Waals surface area contributed by atoms with Gasteiger partial charge < -0.3 is 15.2 Å². The van der Waals surface area contributed by atoms with Gasteiger partial charge in [0.05, 0.1) is 6.04 Å². The lowest BCUT2D eigenvalue weighted by molar-refractivity contribution is -0.116. The number of H-pyrrole nitrogens is 1. The minimum atomic E-state index is -0.233. The number of anilines is 1. The van der Waals surface area contributed by atoms with E-state index in [0.717, 1.165) is 22.0 Å². The molecule has 0 aliphatic carbocycles. The molecule has 4 aromatic rings. The summed E-state index contributed by atoms with van der Waals surface area (Å²) in [6.07, 6.45) is 2.16. The number of benzene rings is 3. The van der Waals surface area contributed by atoms with Crippen molar-refractivity contribution in [3.05, 3.63) is 101 Å². The molecule has 6 heteroatoms. The summed E-state index contributed by atoms with van der Waals surface area (Å²) in [5, 5.41) is 4.55. The Kier molecular flexibility index (Phi) is 4.96. The highest BCUT2D eigenvalue weighted by Gasteiger charge is 2.38. The molecule has 5 nitrogen and oxygen atoms in total. The molecule has 5 rings (SSSR count). The van der Waals surface area contributed by atoms with E-state index in [0.29, 0.717) is 22.8 Å². The Hall–Kier alpha value is -3.57. The van der Waals surface area contributed by atoms with Crippen LogP contribution in [0.25, 0.3) is 10.9 Å². The average Bonchev–Trinajstić information content (AvgIpc) is 3.33. The van der Waals surface area contributed by atoms with Crippen molar-refractivity contribution < 1.29 is 9.59 Å². The van der Waals surface area contributed by atoms with Crippen LogP contribution in [0.3, 0.4) is 0 Å². The molecular weight excluding hydrogens is 410 g/mol. The molecule has 1 aliphatic heterocycles. The predicted molar refractivity (Wildman–Crippen MR) is 122 cm³/mol. The number of hydrogen-bond donors (Lipinski definition) is 2. The lowest BCUT2D eigenvalue weighted by atomic mass is 9.97. The minimum Gasteiger partial charge on any atom is -0.361 e. The van der Waals surface area contributed by atoms with Gasteiger partial charge in [0.25, 0.3) is 5.91 Å². The first-order chi connectivity index (χ1) is 15.1. The average molecular weight is 430 g/mol. The third kappa shape index (κ3) is 3.57. The second-order valence-corrected chi connectivity index (χ2v) is 8.02. The number of carbonyl (C=O) groups is 2. The lowest BCUT2D eigenvalue weighted by Crippen LogP contribution is -2.32. The van der Waals surface area contributed by atoms with Crippen molar-refractivity contribution in [3.63, 3.8) is 0 Å². The first kappa shape index (κ1) is 19.4. The third-order valence-electron chi connectivity index (χ3n) is 5.68. The molecule has 0 bridgehead atoms. The van der Waals surface area contributed by atoms with Crippen LogP contribution in [0, 0.1) is 0 Å². The van der Waals surface area contributed by atoms with Crippen LogP contribution in [0.2, 0.25) is 5.02 Å². The second-order valence-electron chi connectivity index (χ2n) is 7.58. The normalized spacial score (nSPS) is 15.3. The van der Waals surface area contributed by atoms with Crippen molar-refractivity contribution in [2.24, 2.45) is 0 Å². The van der Waals surface area contributed by atoms with Crippen LogP contribution in [0.15, 0.2) is 79.0 Å². The molecule has 0 radical (unpaired) electrons. The van der Waals surface area contributed by atoms with Crippen molar-refractivity contribution in [1.82, 2.24) is 9.88 Å². The van der Waals surface area contributed by atoms with Crippen molar-refractivity contribution in [2.45, 2.75) is 12.5 Å². The molecule has 2 heterocycles. The molecule has 0 fully saturated rings. The van der Waals surface area contributed by atoms with Crippen LogP contribution in [0.1, 0.15) is 33.9 Å². The summed E-state index contributed by atoms with van der Waals surface area (Å²) < 4.78 is 0. The highest BCUT2D eigenvalue weighted by atomic mass is 35.5. The number of halogens is 1. The van der Waals surface area contributed by atoms with E-state index < -0.39 is 0 Å². The first-order valence-corrected chi connectivity index (χ1v) is 10.5. The number of nitrogens with one attached hydrogen (secondary N) is 2. The Bertz CT molecular complexity index is 1280. The summed E-state index contributed by atoms with van der Waals surface area (Å²) in [6.45, 7) is 0.317. The Labute approximate surface area is 184 Å². The number of para-hydroxylation sites is 1. The van der Waals surface area contributed by atoms with Crippen LogP contribution in [-0.4, -0.2) is 28.2 Å². The molecular formula is C25H20ClN3O2. The van der Waals surface area contributed by atoms with Crippen molar-refractivity contribution in [3.8, 4) is 0 Å². The molecule has 0 spiro atoms. The monoisotopic (exact) mass is 429 g/mol. The van der Waals surface area contributed by atoms with Crippen LogP contribution < -0.4 is 5.32 Å². The summed E-state index contributed by atoms with van der Waals surface area (Å²) in [7, 11) is 0. The van der Waals surface area contributed by atoms with E-state index in [-0.39, 0.29) is 24.3 Å². The van der Waals surface area contributed by atoms with E-state index >= 15 is 0 Å². The third-order valence-corrected chi connectivity index (χ3v) is 5.93. The molecule has 3 aromatic carbocycles. The zero-order valence-corrected chi connectivity index (χ0v) is 17.4. The van der Waals surface area contributed by atoms with Gasteiger partial charge in [0.1, 0.15) is 0 Å². The summed E-state index contributed by atoms with van der Waals surface area (Å²) >= 11 is 5.90. The van der Waals surface area contributed by atoms with Gasteiger partial charge in [-0.25, -0.2) is 0 Å². The van der Waals surface area contributed by atoms with Gasteiger partial charge in [-0.05, 0) is 42.0 Å². The van der Waals surface area contributed by atoms with Gasteiger partial charge in [-0.3, -0.25) is 9.59 Å². The van der Waals surface area contributed by atoms with Crippen LogP contribution >= 0.6 is 11.6 Å². The van der Waals surface area contributed by atoms with Crippen molar-refractivity contribution in [1.29, 1.82) is 0 Å². The molecule has 0 saturated carbocycles. The first-order valence-electron chi connectivity index (χ1n) is 10.1. The largest absolute Gasteiger partial charge is 0.361 e. The van der Waals surface area contributed by atoms with Gasteiger partial charge >= 0.3 is 0 Å². The van der Waals surface area contributed by atoms with Gasteiger partial charge in [-0.1, -0.05) is 48.0 Å². The zero-order chi connectivity index (χ0) is 21.4. The highest BCUT2D eigenvalue weighted by Crippen LogP contribution is 2.41. The number of aromatic nitrogens is 1. The number of hydrogen-bond acceptors (Lipinski definition) is 2. The quantitative estimate of drug-likeness (QED) is 0.446. The number of carbonyl (C=O) groups excluding carboxylic acids is 2. The standard InChI is InChI=1S/C25H20ClN3O2/c26-16-9-11-17(12-10-16)28-23(30)13-14-29-24(19-6-1-2-7-20(19)25(29)31)21-15-27-22-8-4-3-5-18(21)22/h1-12,15,24,27H,13-14H2,(H,28,30). The Morgan fingerprint density at radius 2 is 1.71 bits per heavy atom. The number of fused-ring (bicyclic) bond motifs is 2.